The number of hydrogen-bond acceptors (Lipinski definition) is 5. The Kier molecular flexibility index (Phi) is 50.3. The number of rotatable bonds is 50. The van der Waals surface area contributed by atoms with Crippen molar-refractivity contribution in [1.29, 1.82) is 0 Å². The van der Waals surface area contributed by atoms with Gasteiger partial charge in [0.15, 0.2) is 0 Å². The Bertz CT molecular complexity index is 857. The van der Waals surface area contributed by atoms with Gasteiger partial charge in [-0.25, -0.2) is 9.59 Å². The van der Waals surface area contributed by atoms with Crippen LogP contribution in [0.4, 0.5) is 0 Å². The zero-order valence-electron chi connectivity index (χ0n) is 40.7. The van der Waals surface area contributed by atoms with Gasteiger partial charge in [-0.15, -0.1) is 0 Å². The Hall–Kier alpha value is -1.62. The normalized spacial score (nSPS) is 11.8. The average Bonchev–Trinajstić information content (AvgIpc) is 3.25. The van der Waals surface area contributed by atoms with Gasteiger partial charge < -0.3 is 14.2 Å². The van der Waals surface area contributed by atoms with E-state index in [1.165, 1.54) is 231 Å². The molecule has 5 heteroatoms. The van der Waals surface area contributed by atoms with E-state index in [0.29, 0.717) is 6.61 Å². The van der Waals surface area contributed by atoms with Gasteiger partial charge in [-0.05, 0) is 32.1 Å². The Balaban J connectivity index is 4.29. The first-order chi connectivity index (χ1) is 29.6. The summed E-state index contributed by atoms with van der Waals surface area (Å²) in [7, 11) is 0. The second kappa shape index (κ2) is 51.7. The van der Waals surface area contributed by atoms with Crippen molar-refractivity contribution in [3.05, 3.63) is 24.3 Å². The first-order valence-corrected chi connectivity index (χ1v) is 26.9. The highest BCUT2D eigenvalue weighted by molar-refractivity contribution is 5.82. The zero-order valence-corrected chi connectivity index (χ0v) is 40.7. The van der Waals surface area contributed by atoms with E-state index >= 15 is 0 Å². The summed E-state index contributed by atoms with van der Waals surface area (Å²) in [5.41, 5.74) is 0. The molecule has 0 aromatic heterocycles. The van der Waals surface area contributed by atoms with Crippen LogP contribution in [0.1, 0.15) is 290 Å². The summed E-state index contributed by atoms with van der Waals surface area (Å²) >= 11 is 0. The smallest absolute Gasteiger partial charge is 0.330 e. The van der Waals surface area contributed by atoms with Gasteiger partial charge in [-0.2, -0.15) is 0 Å². The Morgan fingerprint density at radius 2 is 0.567 bits per heavy atom. The van der Waals surface area contributed by atoms with Gasteiger partial charge in [0.2, 0.25) is 0 Å². The van der Waals surface area contributed by atoms with Gasteiger partial charge in [0, 0.05) is 18.8 Å². The molecule has 0 rings (SSSR count). The molecule has 60 heavy (non-hydrogen) atoms. The number of allylic oxidation sites excluding steroid dienone is 2. The molecule has 0 saturated carbocycles. The molecule has 0 aromatic carbocycles. The third-order valence-electron chi connectivity index (χ3n) is 12.1. The lowest BCUT2D eigenvalue weighted by Crippen LogP contribution is -2.28. The number of hydrogen-bond donors (Lipinski definition) is 0. The van der Waals surface area contributed by atoms with Gasteiger partial charge in [-0.1, -0.05) is 270 Å². The fourth-order valence-electron chi connectivity index (χ4n) is 8.06. The maximum absolute atomic E-state index is 12.5. The van der Waals surface area contributed by atoms with Crippen LogP contribution in [0.15, 0.2) is 24.3 Å². The lowest BCUT2D eigenvalue weighted by atomic mass is 10.0. The molecular formula is C55H104O5. The van der Waals surface area contributed by atoms with Gasteiger partial charge in [0.05, 0.1) is 0 Å². The summed E-state index contributed by atoms with van der Waals surface area (Å²) in [6, 6.07) is 0. The highest BCUT2D eigenvalue weighted by Gasteiger charge is 2.14. The van der Waals surface area contributed by atoms with Gasteiger partial charge >= 0.3 is 11.9 Å². The first kappa shape index (κ1) is 58.4. The molecule has 354 valence electrons. The minimum Gasteiger partial charge on any atom is -0.460 e. The molecule has 0 N–H and O–H groups in total. The quantitative estimate of drug-likeness (QED) is 0.0347. The van der Waals surface area contributed by atoms with E-state index in [1.807, 2.05) is 12.2 Å². The lowest BCUT2D eigenvalue weighted by molar-refractivity contribution is -0.149. The van der Waals surface area contributed by atoms with Crippen LogP contribution in [0.3, 0.4) is 0 Å². The van der Waals surface area contributed by atoms with E-state index in [2.05, 4.69) is 20.8 Å². The number of carbonyl (C=O) groups is 2. The predicted molar refractivity (Wildman–Crippen MR) is 261 cm³/mol. The van der Waals surface area contributed by atoms with E-state index in [9.17, 15) is 9.59 Å². The lowest BCUT2D eigenvalue weighted by Gasteiger charge is -2.17. The number of unbranched alkanes of at least 4 members (excludes halogenated alkanes) is 39. The molecular weight excluding hydrogens is 741 g/mol. The van der Waals surface area contributed by atoms with Gasteiger partial charge in [0.1, 0.15) is 19.3 Å². The van der Waals surface area contributed by atoms with Crippen LogP contribution in [0.5, 0.6) is 0 Å². The van der Waals surface area contributed by atoms with Crippen LogP contribution in [0.2, 0.25) is 0 Å². The summed E-state index contributed by atoms with van der Waals surface area (Å²) in [5.74, 6) is -0.697. The van der Waals surface area contributed by atoms with E-state index < -0.39 is 6.10 Å². The van der Waals surface area contributed by atoms with Crippen molar-refractivity contribution in [2.24, 2.45) is 0 Å². The van der Waals surface area contributed by atoms with Crippen molar-refractivity contribution < 1.29 is 23.8 Å². The van der Waals surface area contributed by atoms with Crippen molar-refractivity contribution in [2.45, 2.75) is 297 Å². The summed E-state index contributed by atoms with van der Waals surface area (Å²) in [6.45, 7) is 7.61. The molecule has 0 aromatic rings. The molecule has 0 bridgehead atoms. The largest absolute Gasteiger partial charge is 0.460 e. The molecule has 0 aliphatic rings. The molecule has 0 amide bonds. The standard InChI is InChI=1S/C55H104O5/c1-4-7-10-13-16-19-22-25-28-30-33-36-39-42-45-48-54(56)59-51-53(58-50-47-44-41-38-35-32-27-24-21-18-15-12-9-6-3)52-60-55(57)49-46-43-40-37-34-31-29-26-23-20-17-14-11-8-5-2/h45-46,48-49,53H,4-44,47,50-52H2,1-3H3/b48-45+,49-46+. The maximum atomic E-state index is 12.5. The summed E-state index contributed by atoms with van der Waals surface area (Å²) < 4.78 is 17.2. The molecule has 0 aliphatic heterocycles. The summed E-state index contributed by atoms with van der Waals surface area (Å²) in [4.78, 5) is 25.0. The highest BCUT2D eigenvalue weighted by Crippen LogP contribution is 2.16. The minimum atomic E-state index is -0.455. The summed E-state index contributed by atoms with van der Waals surface area (Å²) in [5, 5.41) is 0. The molecule has 0 unspecified atom stereocenters. The van der Waals surface area contributed by atoms with Crippen molar-refractivity contribution in [3.8, 4) is 0 Å². The second-order valence-corrected chi connectivity index (χ2v) is 18.2. The Morgan fingerprint density at radius 1 is 0.333 bits per heavy atom. The van der Waals surface area contributed by atoms with E-state index in [4.69, 9.17) is 14.2 Å². The second-order valence-electron chi connectivity index (χ2n) is 18.2. The van der Waals surface area contributed by atoms with E-state index in [-0.39, 0.29) is 25.2 Å². The minimum absolute atomic E-state index is 0.0937. The van der Waals surface area contributed by atoms with Crippen molar-refractivity contribution in [2.75, 3.05) is 19.8 Å². The zero-order chi connectivity index (χ0) is 43.5. The SMILES string of the molecule is CCCCCCCCCCCCCCC/C=C/C(=O)OCC(COC(=O)/C=C/CCCCCCCCCCCCCCC)OCCCCCCCCCCCCCCCC. The molecule has 0 radical (unpaired) electrons. The first-order valence-electron chi connectivity index (χ1n) is 26.9. The topological polar surface area (TPSA) is 61.8 Å². The van der Waals surface area contributed by atoms with E-state index in [0.717, 1.165) is 38.5 Å². The fraction of sp³-hybridized carbons (Fsp3) is 0.891. The van der Waals surface area contributed by atoms with Crippen LogP contribution >= 0.6 is 0 Å². The average molecular weight is 845 g/mol. The molecule has 0 heterocycles. The predicted octanol–water partition coefficient (Wildman–Crippen LogP) is 18.0. The van der Waals surface area contributed by atoms with Crippen LogP contribution < -0.4 is 0 Å². The molecule has 0 saturated heterocycles. The maximum Gasteiger partial charge on any atom is 0.330 e. The van der Waals surface area contributed by atoms with E-state index in [1.54, 1.807) is 12.2 Å². The highest BCUT2D eigenvalue weighted by atomic mass is 16.6. The van der Waals surface area contributed by atoms with Gasteiger partial charge in [0.25, 0.3) is 0 Å². The van der Waals surface area contributed by atoms with Crippen LogP contribution in [-0.2, 0) is 23.8 Å². The van der Waals surface area contributed by atoms with Crippen molar-refractivity contribution >= 4 is 11.9 Å². The van der Waals surface area contributed by atoms with Crippen LogP contribution in [0, 0.1) is 0 Å². The van der Waals surface area contributed by atoms with Crippen molar-refractivity contribution in [1.82, 2.24) is 0 Å². The van der Waals surface area contributed by atoms with Gasteiger partial charge in [-0.3, -0.25) is 0 Å². The number of esters is 2. The fourth-order valence-corrected chi connectivity index (χ4v) is 8.06. The third kappa shape index (κ3) is 49.0. The molecule has 0 spiro atoms. The van der Waals surface area contributed by atoms with Crippen LogP contribution in [0.25, 0.3) is 0 Å². The summed E-state index contributed by atoms with van der Waals surface area (Å²) in [6.07, 6.45) is 61.5. The molecule has 0 aliphatic carbocycles. The Morgan fingerprint density at radius 3 is 0.833 bits per heavy atom. The Labute approximate surface area is 375 Å². The number of carbonyl (C=O) groups excluding carboxylic acids is 2. The monoisotopic (exact) mass is 845 g/mol. The van der Waals surface area contributed by atoms with Crippen LogP contribution in [-0.4, -0.2) is 37.9 Å². The molecule has 0 atom stereocenters. The third-order valence-corrected chi connectivity index (χ3v) is 12.1. The van der Waals surface area contributed by atoms with Crippen molar-refractivity contribution in [3.63, 3.8) is 0 Å². The number of ether oxygens (including phenoxy) is 3. The molecule has 5 nitrogen and oxygen atoms in total. The molecule has 0 fully saturated rings.